The normalized spacial score (nSPS) is 11.6. The SMILES string of the molecule is CC(C)(C(=O)O)c1ccccc1OBOc1ccccc1C(C)(C)C(=O)O. The highest BCUT2D eigenvalue weighted by Gasteiger charge is 2.33. The molecule has 0 amide bonds. The summed E-state index contributed by atoms with van der Waals surface area (Å²) in [4.78, 5) is 23.1. The minimum absolute atomic E-state index is 0.181. The Hall–Kier alpha value is -2.96. The van der Waals surface area contributed by atoms with Crippen LogP contribution in [-0.2, 0) is 20.4 Å². The lowest BCUT2D eigenvalue weighted by Crippen LogP contribution is -2.30. The van der Waals surface area contributed by atoms with Crippen molar-refractivity contribution in [1.29, 1.82) is 0 Å². The second kappa shape index (κ2) is 7.74. The first kappa shape index (κ1) is 20.4. The first-order valence-corrected chi connectivity index (χ1v) is 8.50. The van der Waals surface area contributed by atoms with Crippen LogP contribution in [-0.4, -0.2) is 29.8 Å². The third-order valence-corrected chi connectivity index (χ3v) is 4.62. The zero-order valence-electron chi connectivity index (χ0n) is 15.9. The summed E-state index contributed by atoms with van der Waals surface area (Å²) in [6, 6.07) is 13.7. The molecule has 2 rings (SSSR count). The molecular formula is C20H23BO6. The third kappa shape index (κ3) is 4.24. The van der Waals surface area contributed by atoms with Gasteiger partial charge in [0.15, 0.2) is 0 Å². The molecule has 0 aliphatic rings. The highest BCUT2D eigenvalue weighted by Crippen LogP contribution is 2.33. The van der Waals surface area contributed by atoms with Crippen molar-refractivity contribution < 1.29 is 29.1 Å². The van der Waals surface area contributed by atoms with Crippen molar-refractivity contribution in [2.24, 2.45) is 0 Å². The summed E-state index contributed by atoms with van der Waals surface area (Å²) in [5.74, 6) is -1.12. The van der Waals surface area contributed by atoms with Crippen molar-refractivity contribution in [3.05, 3.63) is 59.7 Å². The van der Waals surface area contributed by atoms with Gasteiger partial charge in [-0.25, -0.2) is 0 Å². The lowest BCUT2D eigenvalue weighted by Gasteiger charge is -2.24. The molecule has 0 bridgehead atoms. The van der Waals surface area contributed by atoms with Gasteiger partial charge in [-0.2, -0.15) is 0 Å². The zero-order valence-corrected chi connectivity index (χ0v) is 15.9. The van der Waals surface area contributed by atoms with E-state index in [4.69, 9.17) is 9.31 Å². The van der Waals surface area contributed by atoms with Crippen LogP contribution in [0.25, 0.3) is 0 Å². The minimum atomic E-state index is -1.13. The lowest BCUT2D eigenvalue weighted by atomic mass is 9.84. The zero-order chi connectivity index (χ0) is 20.2. The monoisotopic (exact) mass is 370 g/mol. The smallest absolute Gasteiger partial charge is 0.528 e. The number of carboxylic acid groups (broad SMARTS) is 2. The summed E-state index contributed by atoms with van der Waals surface area (Å²) >= 11 is 0. The number of carboxylic acids is 2. The summed E-state index contributed by atoms with van der Waals surface area (Å²) in [5, 5.41) is 18.9. The van der Waals surface area contributed by atoms with Gasteiger partial charge in [0.2, 0.25) is 0 Å². The van der Waals surface area contributed by atoms with E-state index in [1.54, 1.807) is 76.2 Å². The van der Waals surface area contributed by atoms with Crippen molar-refractivity contribution in [3.63, 3.8) is 0 Å². The number of para-hydroxylation sites is 2. The van der Waals surface area contributed by atoms with E-state index in [1.807, 2.05) is 0 Å². The quantitative estimate of drug-likeness (QED) is 0.694. The van der Waals surface area contributed by atoms with Crippen LogP contribution in [0.1, 0.15) is 38.8 Å². The molecule has 0 spiro atoms. The molecule has 2 aromatic rings. The topological polar surface area (TPSA) is 93.1 Å². The Morgan fingerprint density at radius 2 is 1.07 bits per heavy atom. The van der Waals surface area contributed by atoms with Crippen LogP contribution in [0.5, 0.6) is 11.5 Å². The van der Waals surface area contributed by atoms with E-state index in [2.05, 4.69) is 0 Å². The van der Waals surface area contributed by atoms with E-state index in [-0.39, 0.29) is 7.69 Å². The van der Waals surface area contributed by atoms with E-state index >= 15 is 0 Å². The maximum atomic E-state index is 11.5. The van der Waals surface area contributed by atoms with Gasteiger partial charge in [0.05, 0.1) is 10.8 Å². The lowest BCUT2D eigenvalue weighted by molar-refractivity contribution is -0.143. The van der Waals surface area contributed by atoms with Crippen LogP contribution < -0.4 is 9.31 Å². The van der Waals surface area contributed by atoms with Crippen LogP contribution in [0.2, 0.25) is 0 Å². The molecular weight excluding hydrogens is 347 g/mol. The van der Waals surface area contributed by atoms with E-state index in [9.17, 15) is 19.8 Å². The fourth-order valence-electron chi connectivity index (χ4n) is 2.60. The minimum Gasteiger partial charge on any atom is -0.528 e. The van der Waals surface area contributed by atoms with Crippen LogP contribution in [0.15, 0.2) is 48.5 Å². The Labute approximate surface area is 159 Å². The molecule has 2 N–H and O–H groups in total. The summed E-state index contributed by atoms with van der Waals surface area (Å²) in [6.45, 7) is 6.40. The Kier molecular flexibility index (Phi) is 5.83. The van der Waals surface area contributed by atoms with Crippen LogP contribution >= 0.6 is 0 Å². The van der Waals surface area contributed by atoms with Gasteiger partial charge in [0, 0.05) is 11.1 Å². The fraction of sp³-hybridized carbons (Fsp3) is 0.300. The molecule has 7 heteroatoms. The van der Waals surface area contributed by atoms with E-state index in [1.165, 1.54) is 0 Å². The molecule has 0 aliphatic carbocycles. The predicted molar refractivity (Wildman–Crippen MR) is 103 cm³/mol. The highest BCUT2D eigenvalue weighted by molar-refractivity contribution is 6.21. The molecule has 0 unspecified atom stereocenters. The molecule has 0 heterocycles. The molecule has 0 aromatic heterocycles. The summed E-state index contributed by atoms with van der Waals surface area (Å²) < 4.78 is 11.3. The van der Waals surface area contributed by atoms with Gasteiger partial charge in [0.1, 0.15) is 11.5 Å². The van der Waals surface area contributed by atoms with E-state index < -0.39 is 22.8 Å². The highest BCUT2D eigenvalue weighted by atomic mass is 16.6. The summed E-state index contributed by atoms with van der Waals surface area (Å²) in [5.41, 5.74) is -1.19. The van der Waals surface area contributed by atoms with Gasteiger partial charge in [-0.1, -0.05) is 36.4 Å². The second-order valence-electron chi connectivity index (χ2n) is 7.26. The van der Waals surface area contributed by atoms with Crippen molar-refractivity contribution in [3.8, 4) is 11.5 Å². The Morgan fingerprint density at radius 1 is 0.741 bits per heavy atom. The van der Waals surface area contributed by atoms with Crippen molar-refractivity contribution >= 4 is 19.6 Å². The second-order valence-corrected chi connectivity index (χ2v) is 7.26. The predicted octanol–water partition coefficient (Wildman–Crippen LogP) is 3.14. The van der Waals surface area contributed by atoms with Crippen LogP contribution in [0.4, 0.5) is 0 Å². The van der Waals surface area contributed by atoms with Gasteiger partial charge < -0.3 is 19.5 Å². The molecule has 0 saturated carbocycles. The molecule has 0 radical (unpaired) electrons. The van der Waals surface area contributed by atoms with Crippen molar-refractivity contribution in [2.75, 3.05) is 0 Å². The maximum absolute atomic E-state index is 11.5. The summed E-state index contributed by atoms with van der Waals surface area (Å²) in [6.07, 6.45) is 0. The van der Waals surface area contributed by atoms with E-state index in [0.717, 1.165) is 0 Å². The number of benzene rings is 2. The van der Waals surface area contributed by atoms with Crippen molar-refractivity contribution in [2.45, 2.75) is 38.5 Å². The fourth-order valence-corrected chi connectivity index (χ4v) is 2.60. The Bertz CT molecular complexity index is 774. The number of aliphatic carboxylic acids is 2. The average molecular weight is 370 g/mol. The molecule has 0 saturated heterocycles. The first-order chi connectivity index (χ1) is 12.6. The first-order valence-electron chi connectivity index (χ1n) is 8.50. The molecule has 0 aliphatic heterocycles. The third-order valence-electron chi connectivity index (χ3n) is 4.62. The Balaban J connectivity index is 2.20. The van der Waals surface area contributed by atoms with Gasteiger partial charge in [-0.15, -0.1) is 0 Å². The Morgan fingerprint density at radius 3 is 1.41 bits per heavy atom. The number of rotatable bonds is 8. The maximum Gasteiger partial charge on any atom is 0.576 e. The van der Waals surface area contributed by atoms with Crippen LogP contribution in [0.3, 0.4) is 0 Å². The van der Waals surface area contributed by atoms with Crippen molar-refractivity contribution in [1.82, 2.24) is 0 Å². The summed E-state index contributed by atoms with van der Waals surface area (Å²) in [7, 11) is -0.181. The van der Waals surface area contributed by atoms with Gasteiger partial charge >= 0.3 is 19.6 Å². The van der Waals surface area contributed by atoms with Gasteiger partial charge in [-0.3, -0.25) is 9.59 Å². The standard InChI is InChI=1S/C20H23BO6/c1-19(2,17(22)23)13-9-5-7-11-15(13)26-21-27-16-12-8-6-10-14(16)20(3,4)18(24)25/h5-12,21H,1-4H3,(H,22,23)(H,24,25). The number of carbonyl (C=O) groups is 2. The molecule has 27 heavy (non-hydrogen) atoms. The van der Waals surface area contributed by atoms with Gasteiger partial charge in [-0.05, 0) is 39.8 Å². The molecule has 6 nitrogen and oxygen atoms in total. The van der Waals surface area contributed by atoms with Crippen LogP contribution in [0, 0.1) is 0 Å². The largest absolute Gasteiger partial charge is 0.576 e. The van der Waals surface area contributed by atoms with E-state index in [0.29, 0.717) is 22.6 Å². The molecule has 0 atom stereocenters. The average Bonchev–Trinajstić information content (AvgIpc) is 2.62. The molecule has 0 fully saturated rings. The number of hydrogen-bond donors (Lipinski definition) is 2. The number of hydrogen-bond acceptors (Lipinski definition) is 4. The molecule has 2 aromatic carbocycles. The van der Waals surface area contributed by atoms with Gasteiger partial charge in [0.25, 0.3) is 0 Å². The molecule has 142 valence electrons.